The molecular formula is C10H14N2. The second kappa shape index (κ2) is 2.57. The van der Waals surface area contributed by atoms with Crippen LogP contribution in [0.2, 0.25) is 0 Å². The molecule has 3 N–H and O–H groups in total. The van der Waals surface area contributed by atoms with Crippen molar-refractivity contribution in [1.29, 1.82) is 0 Å². The maximum atomic E-state index is 6.01. The van der Waals surface area contributed by atoms with Gasteiger partial charge in [-0.15, -0.1) is 0 Å². The van der Waals surface area contributed by atoms with Crippen LogP contribution in [0.4, 0.5) is 0 Å². The van der Waals surface area contributed by atoms with E-state index in [2.05, 4.69) is 17.5 Å². The van der Waals surface area contributed by atoms with Crippen LogP contribution in [0.15, 0.2) is 35.5 Å². The number of hydrogen-bond acceptors (Lipinski definition) is 2. The van der Waals surface area contributed by atoms with Crippen LogP contribution in [0.25, 0.3) is 0 Å². The Balaban J connectivity index is 2.40. The third-order valence-corrected chi connectivity index (χ3v) is 2.28. The van der Waals surface area contributed by atoms with Gasteiger partial charge in [0.2, 0.25) is 0 Å². The Kier molecular flexibility index (Phi) is 1.67. The van der Waals surface area contributed by atoms with Crippen molar-refractivity contribution in [3.05, 3.63) is 35.5 Å². The molecule has 1 fully saturated rings. The lowest BCUT2D eigenvalue weighted by Gasteiger charge is -2.14. The molecule has 1 aliphatic heterocycles. The third kappa shape index (κ3) is 1.36. The largest absolute Gasteiger partial charge is 0.319 e. The highest BCUT2D eigenvalue weighted by molar-refractivity contribution is 5.45. The first-order chi connectivity index (χ1) is 5.67. The number of fused-ring (bicyclic) bond motifs is 1. The zero-order valence-corrected chi connectivity index (χ0v) is 7.30. The van der Waals surface area contributed by atoms with Gasteiger partial charge >= 0.3 is 0 Å². The molecule has 0 saturated carbocycles. The summed E-state index contributed by atoms with van der Waals surface area (Å²) in [5, 5.41) is 3.30. The minimum Gasteiger partial charge on any atom is -0.319 e. The monoisotopic (exact) mass is 162 g/mol. The number of nitrogens with one attached hydrogen (secondary N) is 1. The normalized spacial score (nSPS) is 33.8. The molecular weight excluding hydrogens is 148 g/mol. The SMILES string of the molecule is CC1(N)C=CC=C2CNCC2=C1. The Bertz CT molecular complexity index is 282. The van der Waals surface area contributed by atoms with Gasteiger partial charge in [0.1, 0.15) is 0 Å². The van der Waals surface area contributed by atoms with Crippen LogP contribution in [0, 0.1) is 0 Å². The third-order valence-electron chi connectivity index (χ3n) is 2.28. The molecule has 0 amide bonds. The predicted molar refractivity (Wildman–Crippen MR) is 50.8 cm³/mol. The van der Waals surface area contributed by atoms with Crippen LogP contribution in [-0.2, 0) is 0 Å². The van der Waals surface area contributed by atoms with Crippen LogP contribution in [0.5, 0.6) is 0 Å². The summed E-state index contributed by atoms with van der Waals surface area (Å²) < 4.78 is 0. The maximum absolute atomic E-state index is 6.01. The van der Waals surface area contributed by atoms with E-state index in [1.54, 1.807) is 0 Å². The van der Waals surface area contributed by atoms with E-state index in [1.807, 2.05) is 19.1 Å². The van der Waals surface area contributed by atoms with Gasteiger partial charge in [0.05, 0.1) is 5.54 Å². The lowest BCUT2D eigenvalue weighted by Crippen LogP contribution is -2.31. The molecule has 0 spiro atoms. The van der Waals surface area contributed by atoms with Crippen molar-refractivity contribution in [1.82, 2.24) is 5.32 Å². The first kappa shape index (κ1) is 7.77. The van der Waals surface area contributed by atoms with Gasteiger partial charge < -0.3 is 11.1 Å². The van der Waals surface area contributed by atoms with Crippen molar-refractivity contribution in [2.24, 2.45) is 5.73 Å². The molecule has 0 aromatic carbocycles. The summed E-state index contributed by atoms with van der Waals surface area (Å²) in [6.07, 6.45) is 8.36. The molecule has 2 aliphatic rings. The van der Waals surface area contributed by atoms with Crippen LogP contribution in [0.3, 0.4) is 0 Å². The summed E-state index contributed by atoms with van der Waals surface area (Å²) in [6.45, 7) is 3.96. The fourth-order valence-electron chi connectivity index (χ4n) is 1.66. The maximum Gasteiger partial charge on any atom is 0.0505 e. The number of rotatable bonds is 0. The summed E-state index contributed by atoms with van der Waals surface area (Å²) in [7, 11) is 0. The smallest absolute Gasteiger partial charge is 0.0505 e. The fourth-order valence-corrected chi connectivity index (χ4v) is 1.66. The minimum absolute atomic E-state index is 0.278. The van der Waals surface area contributed by atoms with Crippen LogP contribution in [-0.4, -0.2) is 18.6 Å². The molecule has 1 unspecified atom stereocenters. The number of allylic oxidation sites excluding steroid dienone is 2. The molecule has 0 aromatic heterocycles. The first-order valence-corrected chi connectivity index (χ1v) is 4.27. The second-order valence-electron chi connectivity index (χ2n) is 3.69. The van der Waals surface area contributed by atoms with Crippen molar-refractivity contribution in [3.63, 3.8) is 0 Å². The Labute approximate surface area is 72.8 Å². The van der Waals surface area contributed by atoms with E-state index >= 15 is 0 Å². The van der Waals surface area contributed by atoms with Gasteiger partial charge in [-0.1, -0.05) is 24.3 Å². The molecule has 2 heteroatoms. The molecule has 0 radical (unpaired) electrons. The quantitative estimate of drug-likeness (QED) is 0.551. The van der Waals surface area contributed by atoms with E-state index in [1.165, 1.54) is 11.1 Å². The Morgan fingerprint density at radius 1 is 1.42 bits per heavy atom. The highest BCUT2D eigenvalue weighted by Gasteiger charge is 2.19. The van der Waals surface area contributed by atoms with Crippen molar-refractivity contribution < 1.29 is 0 Å². The van der Waals surface area contributed by atoms with Crippen molar-refractivity contribution in [2.45, 2.75) is 12.5 Å². The standard InChI is InChI=1S/C10H14N2/c1-10(11)4-2-3-8-6-12-7-9(8)5-10/h2-5,12H,6-7,11H2,1H3. The lowest BCUT2D eigenvalue weighted by molar-refractivity contribution is 0.729. The zero-order chi connectivity index (χ0) is 8.60. The van der Waals surface area contributed by atoms with Gasteiger partial charge in [-0.3, -0.25) is 0 Å². The molecule has 1 atom stereocenters. The molecule has 1 saturated heterocycles. The van der Waals surface area contributed by atoms with E-state index in [0.717, 1.165) is 13.1 Å². The average molecular weight is 162 g/mol. The lowest BCUT2D eigenvalue weighted by atomic mass is 10.00. The van der Waals surface area contributed by atoms with E-state index in [4.69, 9.17) is 5.73 Å². The van der Waals surface area contributed by atoms with E-state index in [9.17, 15) is 0 Å². The molecule has 1 heterocycles. The van der Waals surface area contributed by atoms with Crippen LogP contribution in [0.1, 0.15) is 6.92 Å². The average Bonchev–Trinajstić information content (AvgIpc) is 2.31. The van der Waals surface area contributed by atoms with Gasteiger partial charge in [0.15, 0.2) is 0 Å². The molecule has 2 rings (SSSR count). The Hall–Kier alpha value is -0.860. The van der Waals surface area contributed by atoms with E-state index in [-0.39, 0.29) is 5.54 Å². The molecule has 2 nitrogen and oxygen atoms in total. The van der Waals surface area contributed by atoms with Gasteiger partial charge in [-0.05, 0) is 18.1 Å². The molecule has 0 bridgehead atoms. The van der Waals surface area contributed by atoms with E-state index in [0.29, 0.717) is 0 Å². The molecule has 0 aromatic rings. The summed E-state index contributed by atoms with van der Waals surface area (Å²) >= 11 is 0. The summed E-state index contributed by atoms with van der Waals surface area (Å²) in [6, 6.07) is 0. The molecule has 64 valence electrons. The second-order valence-corrected chi connectivity index (χ2v) is 3.69. The van der Waals surface area contributed by atoms with Crippen molar-refractivity contribution in [2.75, 3.05) is 13.1 Å². The van der Waals surface area contributed by atoms with Crippen molar-refractivity contribution >= 4 is 0 Å². The van der Waals surface area contributed by atoms with Gasteiger partial charge in [0.25, 0.3) is 0 Å². The predicted octanol–water partition coefficient (Wildman–Crippen LogP) is 0.730. The zero-order valence-electron chi connectivity index (χ0n) is 7.30. The molecule has 1 aliphatic carbocycles. The first-order valence-electron chi connectivity index (χ1n) is 4.27. The Morgan fingerprint density at radius 2 is 2.17 bits per heavy atom. The van der Waals surface area contributed by atoms with Gasteiger partial charge in [0, 0.05) is 13.1 Å². The summed E-state index contributed by atoms with van der Waals surface area (Å²) in [5.74, 6) is 0. The topological polar surface area (TPSA) is 38.0 Å². The highest BCUT2D eigenvalue weighted by atomic mass is 14.9. The number of hydrogen-bond donors (Lipinski definition) is 2. The highest BCUT2D eigenvalue weighted by Crippen LogP contribution is 2.21. The summed E-state index contributed by atoms with van der Waals surface area (Å²) in [5.41, 5.74) is 8.46. The minimum atomic E-state index is -0.278. The summed E-state index contributed by atoms with van der Waals surface area (Å²) in [4.78, 5) is 0. The van der Waals surface area contributed by atoms with Gasteiger partial charge in [-0.2, -0.15) is 0 Å². The fraction of sp³-hybridized carbons (Fsp3) is 0.400. The van der Waals surface area contributed by atoms with Crippen LogP contribution >= 0.6 is 0 Å². The van der Waals surface area contributed by atoms with Crippen molar-refractivity contribution in [3.8, 4) is 0 Å². The van der Waals surface area contributed by atoms with Crippen LogP contribution < -0.4 is 11.1 Å². The van der Waals surface area contributed by atoms with Gasteiger partial charge in [-0.25, -0.2) is 0 Å². The Morgan fingerprint density at radius 3 is 3.00 bits per heavy atom. The van der Waals surface area contributed by atoms with E-state index < -0.39 is 0 Å². The number of nitrogens with two attached hydrogens (primary N) is 1. The molecule has 12 heavy (non-hydrogen) atoms.